The van der Waals surface area contributed by atoms with Crippen LogP contribution >= 0.6 is 0 Å². The molecule has 0 bridgehead atoms. The number of nitrogens with zero attached hydrogens (tertiary/aromatic N) is 2. The van der Waals surface area contributed by atoms with Crippen LogP contribution in [-0.2, 0) is 4.84 Å². The Labute approximate surface area is 109 Å². The number of oxime groups is 1. The Morgan fingerprint density at radius 2 is 2.06 bits per heavy atom. The molecule has 0 N–H and O–H groups in total. The van der Waals surface area contributed by atoms with Gasteiger partial charge in [0.05, 0.1) is 6.21 Å². The smallest absolute Gasteiger partial charge is 0.129 e. The molecule has 0 aromatic heterocycles. The highest BCUT2D eigenvalue weighted by atomic mass is 16.6. The second-order valence-electron chi connectivity index (χ2n) is 4.98. The molecule has 3 heteroatoms. The van der Waals surface area contributed by atoms with E-state index in [1.807, 2.05) is 6.21 Å². The lowest BCUT2D eigenvalue weighted by Gasteiger charge is -2.12. The number of hydrogen-bond donors (Lipinski definition) is 0. The van der Waals surface area contributed by atoms with Crippen molar-refractivity contribution in [3.8, 4) is 0 Å². The third kappa shape index (κ3) is 3.84. The molecule has 1 aliphatic rings. The summed E-state index contributed by atoms with van der Waals surface area (Å²) in [6, 6.07) is 6.35. The van der Waals surface area contributed by atoms with Gasteiger partial charge in [0.2, 0.25) is 0 Å². The molecular formula is C15H22N2O. The molecule has 1 heterocycles. The summed E-state index contributed by atoms with van der Waals surface area (Å²) in [5.41, 5.74) is 3.61. The van der Waals surface area contributed by atoms with Crippen molar-refractivity contribution in [2.75, 3.05) is 26.2 Å². The third-order valence-electron chi connectivity index (χ3n) is 3.40. The first-order valence-corrected chi connectivity index (χ1v) is 6.70. The van der Waals surface area contributed by atoms with E-state index in [0.717, 1.165) is 12.1 Å². The van der Waals surface area contributed by atoms with Gasteiger partial charge in [-0.15, -0.1) is 0 Å². The molecule has 1 aromatic carbocycles. The average molecular weight is 246 g/mol. The van der Waals surface area contributed by atoms with Crippen molar-refractivity contribution >= 4 is 6.21 Å². The number of benzene rings is 1. The van der Waals surface area contributed by atoms with Crippen LogP contribution in [0.5, 0.6) is 0 Å². The maximum atomic E-state index is 5.32. The lowest BCUT2D eigenvalue weighted by Crippen LogP contribution is -2.23. The second kappa shape index (κ2) is 6.55. The Hall–Kier alpha value is -1.35. The van der Waals surface area contributed by atoms with Crippen LogP contribution in [0.4, 0.5) is 0 Å². The zero-order valence-corrected chi connectivity index (χ0v) is 11.4. The van der Waals surface area contributed by atoms with Gasteiger partial charge in [-0.1, -0.05) is 28.9 Å². The van der Waals surface area contributed by atoms with Gasteiger partial charge in [-0.25, -0.2) is 0 Å². The van der Waals surface area contributed by atoms with Gasteiger partial charge in [0.25, 0.3) is 0 Å². The predicted octanol–water partition coefficient (Wildman–Crippen LogP) is 2.75. The van der Waals surface area contributed by atoms with Crippen molar-refractivity contribution in [1.82, 2.24) is 4.90 Å². The molecular weight excluding hydrogens is 224 g/mol. The Balaban J connectivity index is 1.75. The van der Waals surface area contributed by atoms with Gasteiger partial charge in [-0.05, 0) is 50.9 Å². The van der Waals surface area contributed by atoms with E-state index in [1.165, 1.54) is 37.1 Å². The maximum absolute atomic E-state index is 5.32. The highest BCUT2D eigenvalue weighted by Crippen LogP contribution is 2.08. The maximum Gasteiger partial charge on any atom is 0.129 e. The molecule has 18 heavy (non-hydrogen) atoms. The summed E-state index contributed by atoms with van der Waals surface area (Å²) in [6.45, 7) is 8.27. The highest BCUT2D eigenvalue weighted by molar-refractivity contribution is 5.81. The summed E-state index contributed by atoms with van der Waals surface area (Å²) < 4.78 is 0. The van der Waals surface area contributed by atoms with Gasteiger partial charge in [-0.3, -0.25) is 4.90 Å². The van der Waals surface area contributed by atoms with Crippen LogP contribution in [0, 0.1) is 13.8 Å². The fourth-order valence-corrected chi connectivity index (χ4v) is 2.22. The topological polar surface area (TPSA) is 24.8 Å². The summed E-state index contributed by atoms with van der Waals surface area (Å²) >= 11 is 0. The zero-order chi connectivity index (χ0) is 12.8. The normalized spacial score (nSPS) is 16.6. The molecule has 1 saturated heterocycles. The molecule has 1 aliphatic heterocycles. The summed E-state index contributed by atoms with van der Waals surface area (Å²) in [7, 11) is 0. The number of likely N-dealkylation sites (tertiary alicyclic amines) is 1. The van der Waals surface area contributed by atoms with Crippen molar-refractivity contribution in [1.29, 1.82) is 0 Å². The summed E-state index contributed by atoms with van der Waals surface area (Å²) in [5.74, 6) is 0. The lowest BCUT2D eigenvalue weighted by atomic mass is 10.1. The van der Waals surface area contributed by atoms with E-state index >= 15 is 0 Å². The van der Waals surface area contributed by atoms with E-state index in [-0.39, 0.29) is 0 Å². The Kier molecular flexibility index (Phi) is 4.76. The molecule has 0 radical (unpaired) electrons. The SMILES string of the molecule is Cc1ccc(C)c(/C=N/OCCN2CCCC2)c1. The molecule has 2 rings (SSSR count). The van der Waals surface area contributed by atoms with Gasteiger partial charge in [0.15, 0.2) is 0 Å². The van der Waals surface area contributed by atoms with Crippen LogP contribution in [0.3, 0.4) is 0 Å². The van der Waals surface area contributed by atoms with Crippen molar-refractivity contribution < 1.29 is 4.84 Å². The Bertz CT molecular complexity index is 409. The van der Waals surface area contributed by atoms with Crippen molar-refractivity contribution in [3.05, 3.63) is 34.9 Å². The lowest BCUT2D eigenvalue weighted by molar-refractivity contribution is 0.120. The Morgan fingerprint density at radius 3 is 2.83 bits per heavy atom. The van der Waals surface area contributed by atoms with E-state index < -0.39 is 0 Å². The first kappa shape index (κ1) is 13.1. The minimum Gasteiger partial charge on any atom is -0.394 e. The average Bonchev–Trinajstić information content (AvgIpc) is 2.86. The van der Waals surface area contributed by atoms with Crippen LogP contribution in [0.25, 0.3) is 0 Å². The summed E-state index contributed by atoms with van der Waals surface area (Å²) in [4.78, 5) is 7.75. The number of hydrogen-bond acceptors (Lipinski definition) is 3. The van der Waals surface area contributed by atoms with Crippen LogP contribution in [0.15, 0.2) is 23.4 Å². The number of aryl methyl sites for hydroxylation is 2. The van der Waals surface area contributed by atoms with E-state index in [1.54, 1.807) is 0 Å². The first-order chi connectivity index (χ1) is 8.75. The van der Waals surface area contributed by atoms with Crippen LogP contribution < -0.4 is 0 Å². The van der Waals surface area contributed by atoms with E-state index in [4.69, 9.17) is 4.84 Å². The van der Waals surface area contributed by atoms with Crippen molar-refractivity contribution in [3.63, 3.8) is 0 Å². The van der Waals surface area contributed by atoms with Crippen molar-refractivity contribution in [2.24, 2.45) is 5.16 Å². The van der Waals surface area contributed by atoms with E-state index in [9.17, 15) is 0 Å². The van der Waals surface area contributed by atoms with Gasteiger partial charge >= 0.3 is 0 Å². The molecule has 3 nitrogen and oxygen atoms in total. The van der Waals surface area contributed by atoms with Crippen molar-refractivity contribution in [2.45, 2.75) is 26.7 Å². The fourth-order valence-electron chi connectivity index (χ4n) is 2.22. The first-order valence-electron chi connectivity index (χ1n) is 6.70. The summed E-state index contributed by atoms with van der Waals surface area (Å²) in [6.07, 6.45) is 4.46. The largest absolute Gasteiger partial charge is 0.394 e. The van der Waals surface area contributed by atoms with Gasteiger partial charge in [-0.2, -0.15) is 0 Å². The fraction of sp³-hybridized carbons (Fsp3) is 0.533. The summed E-state index contributed by atoms with van der Waals surface area (Å²) in [5, 5.41) is 4.05. The Morgan fingerprint density at radius 1 is 1.28 bits per heavy atom. The quantitative estimate of drug-likeness (QED) is 0.453. The van der Waals surface area contributed by atoms with Gasteiger partial charge in [0, 0.05) is 6.54 Å². The molecule has 1 aromatic rings. The van der Waals surface area contributed by atoms with Crippen LogP contribution in [0.2, 0.25) is 0 Å². The monoisotopic (exact) mass is 246 g/mol. The van der Waals surface area contributed by atoms with Gasteiger partial charge in [0.1, 0.15) is 6.61 Å². The third-order valence-corrected chi connectivity index (χ3v) is 3.40. The molecule has 0 unspecified atom stereocenters. The molecule has 1 fully saturated rings. The molecule has 0 saturated carbocycles. The highest BCUT2D eigenvalue weighted by Gasteiger charge is 2.10. The second-order valence-corrected chi connectivity index (χ2v) is 4.98. The molecule has 0 spiro atoms. The van der Waals surface area contributed by atoms with Gasteiger partial charge < -0.3 is 4.84 Å². The number of rotatable bonds is 5. The van der Waals surface area contributed by atoms with E-state index in [0.29, 0.717) is 6.61 Å². The van der Waals surface area contributed by atoms with E-state index in [2.05, 4.69) is 42.1 Å². The zero-order valence-electron chi connectivity index (χ0n) is 11.4. The molecule has 0 aliphatic carbocycles. The van der Waals surface area contributed by atoms with Crippen LogP contribution in [0.1, 0.15) is 29.5 Å². The molecule has 0 atom stereocenters. The predicted molar refractivity (Wildman–Crippen MR) is 75.1 cm³/mol. The minimum atomic E-state index is 0.682. The molecule has 0 amide bonds. The van der Waals surface area contributed by atoms with Crippen LogP contribution in [-0.4, -0.2) is 37.4 Å². The standard InChI is InChI=1S/C15H22N2O/c1-13-5-6-14(2)15(11-13)12-16-18-10-9-17-7-3-4-8-17/h5-6,11-12H,3-4,7-10H2,1-2H3/b16-12+. The minimum absolute atomic E-state index is 0.682. The molecule has 98 valence electrons.